The lowest BCUT2D eigenvalue weighted by Crippen LogP contribution is -2.08. The number of ether oxygens (including phenoxy) is 2. The first kappa shape index (κ1) is 23.8. The van der Waals surface area contributed by atoms with E-state index in [-0.39, 0.29) is 5.92 Å². The summed E-state index contributed by atoms with van der Waals surface area (Å²) < 4.78 is 17.4. The number of hydrogen-bond acceptors (Lipinski definition) is 5. The number of fused-ring (bicyclic) bond motifs is 1. The standard InChI is InChI=1S/C27H35NO4/c1-6-21(30-5)10-8-18(3)27-28-25(26(7-2)32-27)14-15-31-22-11-13-24-20(16-22)9-12-23(24)19(4)17-29/h8,10-11,13,16-17,19,23H,6-7,9,12,14-15H2,1-5H3/b18-8+,21-10+/t19-,23?/m0/s1. The van der Waals surface area contributed by atoms with Gasteiger partial charge < -0.3 is 18.7 Å². The maximum Gasteiger partial charge on any atom is 0.222 e. The van der Waals surface area contributed by atoms with Crippen LogP contribution in [0.1, 0.15) is 74.9 Å². The molecule has 0 bridgehead atoms. The Balaban J connectivity index is 1.64. The summed E-state index contributed by atoms with van der Waals surface area (Å²) in [5.41, 5.74) is 4.51. The number of nitrogens with zero attached hydrogens (tertiary/aromatic N) is 1. The molecule has 1 aromatic heterocycles. The van der Waals surface area contributed by atoms with Crippen molar-refractivity contribution in [1.82, 2.24) is 4.98 Å². The number of benzene rings is 1. The molecule has 0 aliphatic heterocycles. The predicted molar refractivity (Wildman–Crippen MR) is 127 cm³/mol. The lowest BCUT2D eigenvalue weighted by Gasteiger charge is -2.15. The molecule has 5 nitrogen and oxygen atoms in total. The summed E-state index contributed by atoms with van der Waals surface area (Å²) in [4.78, 5) is 15.9. The van der Waals surface area contributed by atoms with E-state index in [1.54, 1.807) is 7.11 Å². The van der Waals surface area contributed by atoms with Crippen molar-refractivity contribution in [3.63, 3.8) is 0 Å². The molecule has 0 fully saturated rings. The Kier molecular flexibility index (Phi) is 8.32. The first-order chi connectivity index (χ1) is 15.5. The number of hydrogen-bond donors (Lipinski definition) is 0. The topological polar surface area (TPSA) is 61.6 Å². The molecule has 0 N–H and O–H groups in total. The van der Waals surface area contributed by atoms with Crippen molar-refractivity contribution >= 4 is 11.9 Å². The van der Waals surface area contributed by atoms with Gasteiger partial charge in [-0.25, -0.2) is 4.98 Å². The van der Waals surface area contributed by atoms with Crippen LogP contribution in [0.25, 0.3) is 5.57 Å². The average Bonchev–Trinajstić information content (AvgIpc) is 3.43. The summed E-state index contributed by atoms with van der Waals surface area (Å²) in [5, 5.41) is 0. The van der Waals surface area contributed by atoms with E-state index in [2.05, 4.69) is 26.0 Å². The van der Waals surface area contributed by atoms with Crippen molar-refractivity contribution < 1.29 is 18.7 Å². The van der Waals surface area contributed by atoms with Gasteiger partial charge in [-0.1, -0.05) is 32.9 Å². The summed E-state index contributed by atoms with van der Waals surface area (Å²) in [6.07, 6.45) is 9.37. The SMILES string of the molecule is CC/C(=C\C=C(/C)c1nc(CCOc2ccc3c(c2)CCC3[C@@H](C)C=O)c(CC)o1)OC. The molecule has 32 heavy (non-hydrogen) atoms. The van der Waals surface area contributed by atoms with Crippen LogP contribution >= 0.6 is 0 Å². The second-order valence-electron chi connectivity index (χ2n) is 8.38. The number of aldehydes is 1. The van der Waals surface area contributed by atoms with Crippen molar-refractivity contribution in [1.29, 1.82) is 0 Å². The molecular formula is C27H35NO4. The summed E-state index contributed by atoms with van der Waals surface area (Å²) in [7, 11) is 1.68. The highest BCUT2D eigenvalue weighted by atomic mass is 16.5. The largest absolute Gasteiger partial charge is 0.501 e. The van der Waals surface area contributed by atoms with Crippen LogP contribution in [-0.4, -0.2) is 25.0 Å². The van der Waals surface area contributed by atoms with Crippen molar-refractivity contribution in [2.75, 3.05) is 13.7 Å². The average molecular weight is 438 g/mol. The van der Waals surface area contributed by atoms with E-state index in [0.29, 0.717) is 24.8 Å². The van der Waals surface area contributed by atoms with E-state index in [1.165, 1.54) is 11.1 Å². The molecule has 1 heterocycles. The second-order valence-corrected chi connectivity index (χ2v) is 8.38. The van der Waals surface area contributed by atoms with Gasteiger partial charge in [0.1, 0.15) is 17.8 Å². The number of oxazole rings is 1. The quantitative estimate of drug-likeness (QED) is 0.243. The van der Waals surface area contributed by atoms with Crippen LogP contribution in [0.5, 0.6) is 5.75 Å². The van der Waals surface area contributed by atoms with E-state index < -0.39 is 0 Å². The van der Waals surface area contributed by atoms with Gasteiger partial charge in [-0.15, -0.1) is 0 Å². The number of carbonyl (C=O) groups is 1. The molecule has 172 valence electrons. The number of carbonyl (C=O) groups excluding carboxylic acids is 1. The van der Waals surface area contributed by atoms with Gasteiger partial charge in [0.2, 0.25) is 5.89 Å². The smallest absolute Gasteiger partial charge is 0.222 e. The third-order valence-electron chi connectivity index (χ3n) is 6.26. The molecule has 0 saturated carbocycles. The Morgan fingerprint density at radius 1 is 1.31 bits per heavy atom. The van der Waals surface area contributed by atoms with Gasteiger partial charge in [-0.3, -0.25) is 0 Å². The monoisotopic (exact) mass is 437 g/mol. The molecule has 2 atom stereocenters. The van der Waals surface area contributed by atoms with Crippen molar-refractivity contribution in [2.45, 2.75) is 65.7 Å². The minimum atomic E-state index is 0.0629. The van der Waals surface area contributed by atoms with E-state index in [1.807, 2.05) is 32.1 Å². The normalized spacial score (nSPS) is 17.2. The number of aryl methyl sites for hydroxylation is 2. The van der Waals surface area contributed by atoms with Gasteiger partial charge in [-0.05, 0) is 55.0 Å². The molecule has 1 aromatic carbocycles. The van der Waals surface area contributed by atoms with Crippen molar-refractivity contribution in [2.24, 2.45) is 5.92 Å². The number of methoxy groups -OCH3 is 1. The highest BCUT2D eigenvalue weighted by Crippen LogP contribution is 2.39. The Labute approximate surface area is 191 Å². The van der Waals surface area contributed by atoms with Crippen LogP contribution in [0.3, 0.4) is 0 Å². The highest BCUT2D eigenvalue weighted by Gasteiger charge is 2.27. The molecular weight excluding hydrogens is 402 g/mol. The van der Waals surface area contributed by atoms with Crippen LogP contribution in [0.4, 0.5) is 0 Å². The fourth-order valence-corrected chi connectivity index (χ4v) is 4.27. The van der Waals surface area contributed by atoms with Gasteiger partial charge in [0.05, 0.1) is 25.2 Å². The van der Waals surface area contributed by atoms with Gasteiger partial charge in [0.15, 0.2) is 0 Å². The molecule has 0 saturated heterocycles. The molecule has 2 aromatic rings. The lowest BCUT2D eigenvalue weighted by molar-refractivity contribution is -0.111. The van der Waals surface area contributed by atoms with Gasteiger partial charge in [-0.2, -0.15) is 0 Å². The van der Waals surface area contributed by atoms with Crippen LogP contribution in [0, 0.1) is 5.92 Å². The van der Waals surface area contributed by atoms with Gasteiger partial charge >= 0.3 is 0 Å². The third kappa shape index (κ3) is 5.50. The molecule has 3 rings (SSSR count). The van der Waals surface area contributed by atoms with Crippen molar-refractivity contribution in [3.05, 3.63) is 64.6 Å². The van der Waals surface area contributed by atoms with Gasteiger partial charge in [0.25, 0.3) is 0 Å². The minimum absolute atomic E-state index is 0.0629. The van der Waals surface area contributed by atoms with E-state index >= 15 is 0 Å². The molecule has 5 heteroatoms. The molecule has 1 aliphatic rings. The van der Waals surface area contributed by atoms with Crippen LogP contribution < -0.4 is 4.74 Å². The number of rotatable bonds is 11. The van der Waals surface area contributed by atoms with Crippen LogP contribution in [-0.2, 0) is 28.8 Å². The van der Waals surface area contributed by atoms with E-state index in [9.17, 15) is 4.79 Å². The van der Waals surface area contributed by atoms with E-state index in [4.69, 9.17) is 18.9 Å². The van der Waals surface area contributed by atoms with Crippen LogP contribution in [0.2, 0.25) is 0 Å². The van der Waals surface area contributed by atoms with Crippen molar-refractivity contribution in [3.8, 4) is 5.75 Å². The first-order valence-electron chi connectivity index (χ1n) is 11.6. The third-order valence-corrected chi connectivity index (χ3v) is 6.26. The summed E-state index contributed by atoms with van der Waals surface area (Å²) in [6, 6.07) is 6.27. The molecule has 1 aliphatic carbocycles. The number of aromatic nitrogens is 1. The Morgan fingerprint density at radius 2 is 2.12 bits per heavy atom. The highest BCUT2D eigenvalue weighted by molar-refractivity contribution is 5.59. The Hall–Kier alpha value is -2.82. The van der Waals surface area contributed by atoms with Gasteiger partial charge in [0, 0.05) is 30.8 Å². The zero-order valence-corrected chi connectivity index (χ0v) is 19.9. The molecule has 0 spiro atoms. The summed E-state index contributed by atoms with van der Waals surface area (Å²) in [6.45, 7) is 8.67. The zero-order valence-electron chi connectivity index (χ0n) is 19.9. The Morgan fingerprint density at radius 3 is 2.81 bits per heavy atom. The fourth-order valence-electron chi connectivity index (χ4n) is 4.27. The predicted octanol–water partition coefficient (Wildman–Crippen LogP) is 6.07. The van der Waals surface area contributed by atoms with E-state index in [0.717, 1.165) is 60.5 Å². The minimum Gasteiger partial charge on any atom is -0.501 e. The zero-order chi connectivity index (χ0) is 23.1. The van der Waals surface area contributed by atoms with Crippen LogP contribution in [0.15, 0.2) is 40.5 Å². The molecule has 0 amide bonds. The lowest BCUT2D eigenvalue weighted by atomic mass is 9.90. The summed E-state index contributed by atoms with van der Waals surface area (Å²) >= 11 is 0. The summed E-state index contributed by atoms with van der Waals surface area (Å²) in [5.74, 6) is 3.74. The maximum atomic E-state index is 11.2. The maximum absolute atomic E-state index is 11.2. The molecule has 0 radical (unpaired) electrons. The number of allylic oxidation sites excluding steroid dienone is 4. The second kappa shape index (κ2) is 11.2. The first-order valence-corrected chi connectivity index (χ1v) is 11.6. The Bertz CT molecular complexity index is 980. The fraction of sp³-hybridized carbons (Fsp3) is 0.481. The molecule has 1 unspecified atom stereocenters.